The summed E-state index contributed by atoms with van der Waals surface area (Å²) in [6.07, 6.45) is 3.14. The molecule has 222 valence electrons. The molecule has 2 bridgehead atoms. The molecule has 2 N–H and O–H groups in total. The second kappa shape index (κ2) is 11.4. The molecule has 6 rings (SSSR count). The maximum absolute atomic E-state index is 13.9. The number of hydrogen-bond donors (Lipinski definition) is 2. The number of alkyl carbamates (subject to hydrolysis) is 1. The second-order valence-electron chi connectivity index (χ2n) is 12.0. The number of ether oxygens (including phenoxy) is 1. The van der Waals surface area contributed by atoms with Crippen LogP contribution in [0, 0.1) is 6.92 Å². The highest BCUT2D eigenvalue weighted by molar-refractivity contribution is 6.04. The van der Waals surface area contributed by atoms with Gasteiger partial charge in [0, 0.05) is 24.3 Å². The van der Waals surface area contributed by atoms with E-state index in [1.807, 2.05) is 68.1 Å². The lowest BCUT2D eigenvalue weighted by molar-refractivity contribution is 0.0523. The molecule has 11 nitrogen and oxygen atoms in total. The Morgan fingerprint density at radius 2 is 1.91 bits per heavy atom. The van der Waals surface area contributed by atoms with Crippen molar-refractivity contribution in [2.45, 2.75) is 58.7 Å². The topological polar surface area (TPSA) is 118 Å². The molecule has 4 heterocycles. The fraction of sp³-hybridized carbons (Fsp3) is 0.344. The first kappa shape index (κ1) is 28.2. The van der Waals surface area contributed by atoms with Crippen LogP contribution in [0.3, 0.4) is 0 Å². The summed E-state index contributed by atoms with van der Waals surface area (Å²) in [6.45, 7) is 9.40. The van der Waals surface area contributed by atoms with Crippen LogP contribution in [0.25, 0.3) is 16.9 Å². The molecule has 43 heavy (non-hydrogen) atoms. The number of pyridine rings is 1. The molecule has 0 aliphatic carbocycles. The van der Waals surface area contributed by atoms with Gasteiger partial charge in [-0.2, -0.15) is 0 Å². The van der Waals surface area contributed by atoms with Crippen molar-refractivity contribution in [1.82, 2.24) is 25.3 Å². The quantitative estimate of drug-likeness (QED) is 0.312. The van der Waals surface area contributed by atoms with Crippen molar-refractivity contribution in [3.8, 4) is 16.9 Å². The summed E-state index contributed by atoms with van der Waals surface area (Å²) in [5.74, 6) is 0.682. The number of nitrogens with one attached hydrogen (secondary N) is 2. The Morgan fingerprint density at radius 3 is 2.72 bits per heavy atom. The first-order valence-corrected chi connectivity index (χ1v) is 14.5. The van der Waals surface area contributed by atoms with E-state index in [-0.39, 0.29) is 18.6 Å². The number of aromatic nitrogens is 4. The molecule has 1 atom stereocenters. The molecular weight excluding hydrogens is 544 g/mol. The number of hydrogen-bond acceptors (Lipinski definition) is 7. The van der Waals surface area contributed by atoms with Gasteiger partial charge in [0.05, 0.1) is 35.9 Å². The minimum absolute atomic E-state index is 0.0278. The number of urea groups is 1. The van der Waals surface area contributed by atoms with Crippen LogP contribution in [0.4, 0.5) is 26.8 Å². The van der Waals surface area contributed by atoms with E-state index in [2.05, 4.69) is 51.0 Å². The van der Waals surface area contributed by atoms with Crippen LogP contribution in [0.5, 0.6) is 0 Å². The zero-order valence-corrected chi connectivity index (χ0v) is 24.9. The van der Waals surface area contributed by atoms with Crippen molar-refractivity contribution >= 4 is 29.3 Å². The predicted molar refractivity (Wildman–Crippen MR) is 166 cm³/mol. The molecule has 2 aliphatic heterocycles. The lowest BCUT2D eigenvalue weighted by atomic mass is 9.99. The number of piperidine rings is 1. The van der Waals surface area contributed by atoms with Crippen molar-refractivity contribution in [2.75, 3.05) is 28.2 Å². The number of fused-ring (bicyclic) bond motifs is 4. The van der Waals surface area contributed by atoms with Gasteiger partial charge in [0.1, 0.15) is 11.3 Å². The number of carbonyl (C=O) groups excluding carboxylic acids is 2. The summed E-state index contributed by atoms with van der Waals surface area (Å²) >= 11 is 0. The van der Waals surface area contributed by atoms with E-state index in [4.69, 9.17) is 9.72 Å². The Morgan fingerprint density at radius 1 is 1.07 bits per heavy atom. The van der Waals surface area contributed by atoms with Crippen LogP contribution in [-0.4, -0.2) is 56.8 Å². The number of amides is 3. The Balaban J connectivity index is 1.21. The molecule has 0 unspecified atom stereocenters. The highest BCUT2D eigenvalue weighted by Crippen LogP contribution is 2.39. The van der Waals surface area contributed by atoms with E-state index in [9.17, 15) is 9.59 Å². The molecule has 1 fully saturated rings. The summed E-state index contributed by atoms with van der Waals surface area (Å²) in [4.78, 5) is 35.1. The Kier molecular flexibility index (Phi) is 7.47. The predicted octanol–water partition coefficient (Wildman–Crippen LogP) is 5.68. The van der Waals surface area contributed by atoms with Gasteiger partial charge in [0.15, 0.2) is 5.82 Å². The third-order valence-corrected chi connectivity index (χ3v) is 7.43. The maximum Gasteiger partial charge on any atom is 0.407 e. The zero-order chi connectivity index (χ0) is 30.1. The largest absolute Gasteiger partial charge is 0.444 e. The van der Waals surface area contributed by atoms with Crippen molar-refractivity contribution in [3.05, 3.63) is 78.1 Å². The van der Waals surface area contributed by atoms with Gasteiger partial charge in [0.2, 0.25) is 0 Å². The van der Waals surface area contributed by atoms with Crippen LogP contribution < -0.4 is 20.4 Å². The van der Waals surface area contributed by atoms with Crippen molar-refractivity contribution in [3.63, 3.8) is 0 Å². The first-order chi connectivity index (χ1) is 20.6. The number of carbonyl (C=O) groups is 2. The molecule has 0 radical (unpaired) electrons. The SMILES string of the molecule is Cc1cccc(-c2ccc3c(n2)N(C(=O)Nc2cccc(-n4cc(CNC(=O)OC(C)(C)C)nn4)c2)[C@H]2CCCN3C2)c1. The average Bonchev–Trinajstić information content (AvgIpc) is 3.45. The highest BCUT2D eigenvalue weighted by Gasteiger charge is 2.38. The summed E-state index contributed by atoms with van der Waals surface area (Å²) in [7, 11) is 0. The van der Waals surface area contributed by atoms with Gasteiger partial charge in [-0.25, -0.2) is 19.3 Å². The van der Waals surface area contributed by atoms with Gasteiger partial charge in [-0.05, 0) is 76.9 Å². The van der Waals surface area contributed by atoms with Crippen molar-refractivity contribution < 1.29 is 14.3 Å². The normalized spacial score (nSPS) is 16.0. The molecule has 2 aromatic heterocycles. The van der Waals surface area contributed by atoms with Crippen LogP contribution in [-0.2, 0) is 11.3 Å². The number of anilines is 3. The number of benzene rings is 2. The number of nitrogens with zero attached hydrogens (tertiary/aromatic N) is 6. The van der Waals surface area contributed by atoms with Crippen LogP contribution in [0.15, 0.2) is 66.9 Å². The lowest BCUT2D eigenvalue weighted by Gasteiger charge is -2.45. The molecule has 0 saturated carbocycles. The van der Waals surface area contributed by atoms with E-state index in [0.717, 1.165) is 54.1 Å². The van der Waals surface area contributed by atoms with E-state index in [0.29, 0.717) is 17.2 Å². The third-order valence-electron chi connectivity index (χ3n) is 7.43. The molecule has 1 saturated heterocycles. The van der Waals surface area contributed by atoms with E-state index < -0.39 is 11.7 Å². The number of rotatable bonds is 5. The van der Waals surface area contributed by atoms with Gasteiger partial charge in [-0.1, -0.05) is 35.0 Å². The molecule has 0 spiro atoms. The standard InChI is InChI=1S/C32H36N8O3/c1-21-8-5-9-22(16-21)27-13-14-28-29(35-27)40(26-12-7-15-38(28)20-26)30(41)34-23-10-6-11-25(17-23)39-19-24(36-37-39)18-33-31(42)43-32(2,3)4/h5-6,8-11,13-14,16-17,19,26H,7,12,15,18,20H2,1-4H3,(H,33,42)(H,34,41)/t26-/m0/s1. The van der Waals surface area contributed by atoms with E-state index in [1.54, 1.807) is 10.9 Å². The molecule has 2 aromatic carbocycles. The first-order valence-electron chi connectivity index (χ1n) is 14.5. The summed E-state index contributed by atoms with van der Waals surface area (Å²) in [6, 6.07) is 19.6. The number of aryl methyl sites for hydroxylation is 1. The summed E-state index contributed by atoms with van der Waals surface area (Å²) < 4.78 is 6.88. The molecule has 2 aliphatic rings. The molecule has 11 heteroatoms. The van der Waals surface area contributed by atoms with Crippen LogP contribution >= 0.6 is 0 Å². The minimum Gasteiger partial charge on any atom is -0.444 e. The lowest BCUT2D eigenvalue weighted by Crippen LogP contribution is -2.56. The Bertz CT molecular complexity index is 1660. The fourth-order valence-corrected chi connectivity index (χ4v) is 5.54. The van der Waals surface area contributed by atoms with Gasteiger partial charge >= 0.3 is 12.1 Å². The summed E-state index contributed by atoms with van der Waals surface area (Å²) in [5, 5.41) is 14.1. The van der Waals surface area contributed by atoms with Crippen LogP contribution in [0.1, 0.15) is 44.9 Å². The van der Waals surface area contributed by atoms with Gasteiger partial charge in [-0.3, -0.25) is 4.90 Å². The van der Waals surface area contributed by atoms with Gasteiger partial charge < -0.3 is 20.3 Å². The summed E-state index contributed by atoms with van der Waals surface area (Å²) in [5.41, 5.74) is 5.33. The van der Waals surface area contributed by atoms with Crippen molar-refractivity contribution in [1.29, 1.82) is 0 Å². The highest BCUT2D eigenvalue weighted by atomic mass is 16.6. The smallest absolute Gasteiger partial charge is 0.407 e. The average molecular weight is 581 g/mol. The zero-order valence-electron chi connectivity index (χ0n) is 24.9. The monoisotopic (exact) mass is 580 g/mol. The van der Waals surface area contributed by atoms with Gasteiger partial charge in [0.25, 0.3) is 0 Å². The van der Waals surface area contributed by atoms with E-state index >= 15 is 0 Å². The van der Waals surface area contributed by atoms with E-state index in [1.165, 1.54) is 0 Å². The fourth-order valence-electron chi connectivity index (χ4n) is 5.54. The second-order valence-corrected chi connectivity index (χ2v) is 12.0. The minimum atomic E-state index is -0.585. The third kappa shape index (κ3) is 6.30. The maximum atomic E-state index is 13.9. The van der Waals surface area contributed by atoms with Gasteiger partial charge in [-0.15, -0.1) is 5.10 Å². The van der Waals surface area contributed by atoms with Crippen molar-refractivity contribution in [2.24, 2.45) is 0 Å². The molecular formula is C32H36N8O3. The molecule has 4 aromatic rings. The van der Waals surface area contributed by atoms with Crippen LogP contribution in [0.2, 0.25) is 0 Å². The Hall–Kier alpha value is -4.93. The Labute approximate surface area is 250 Å². The molecule has 3 amide bonds.